The standard InChI is InChI=1S/C15H21NO/c1-11-6-7-13(9-12(11)2)15(17)10-14-5-3-4-8-16-14/h6-7,9,14,16H,3-5,8,10H2,1-2H3. The van der Waals surface area contributed by atoms with Gasteiger partial charge in [-0.1, -0.05) is 18.6 Å². The topological polar surface area (TPSA) is 29.1 Å². The summed E-state index contributed by atoms with van der Waals surface area (Å²) in [5, 5.41) is 3.42. The molecule has 1 atom stereocenters. The highest BCUT2D eigenvalue weighted by molar-refractivity contribution is 5.96. The van der Waals surface area contributed by atoms with Crippen LogP contribution < -0.4 is 5.32 Å². The third kappa shape index (κ3) is 3.16. The number of aryl methyl sites for hydroxylation is 2. The summed E-state index contributed by atoms with van der Waals surface area (Å²) in [6.45, 7) is 5.20. The molecule has 0 saturated carbocycles. The van der Waals surface area contributed by atoms with E-state index in [0.29, 0.717) is 12.5 Å². The molecule has 92 valence electrons. The van der Waals surface area contributed by atoms with Gasteiger partial charge in [-0.25, -0.2) is 0 Å². The fourth-order valence-electron chi connectivity index (χ4n) is 2.35. The number of hydrogen-bond acceptors (Lipinski definition) is 2. The van der Waals surface area contributed by atoms with E-state index in [-0.39, 0.29) is 5.78 Å². The van der Waals surface area contributed by atoms with Crippen molar-refractivity contribution in [2.45, 2.75) is 45.6 Å². The first-order valence-electron chi connectivity index (χ1n) is 6.50. The predicted molar refractivity (Wildman–Crippen MR) is 70.5 cm³/mol. The first-order valence-corrected chi connectivity index (χ1v) is 6.50. The lowest BCUT2D eigenvalue weighted by Gasteiger charge is -2.22. The molecule has 1 heterocycles. The monoisotopic (exact) mass is 231 g/mol. The Morgan fingerprint density at radius 2 is 2.12 bits per heavy atom. The number of carbonyl (C=O) groups excluding carboxylic acids is 1. The number of piperidine rings is 1. The molecule has 0 bridgehead atoms. The summed E-state index contributed by atoms with van der Waals surface area (Å²) in [7, 11) is 0. The van der Waals surface area contributed by atoms with E-state index in [4.69, 9.17) is 0 Å². The van der Waals surface area contributed by atoms with Crippen LogP contribution in [0.1, 0.15) is 47.2 Å². The molecular weight excluding hydrogens is 210 g/mol. The Balaban J connectivity index is 2.01. The molecule has 2 rings (SSSR count). The number of carbonyl (C=O) groups is 1. The minimum Gasteiger partial charge on any atom is -0.314 e. The van der Waals surface area contributed by atoms with Crippen LogP contribution in [-0.2, 0) is 0 Å². The van der Waals surface area contributed by atoms with E-state index in [1.807, 2.05) is 18.2 Å². The van der Waals surface area contributed by atoms with Gasteiger partial charge in [-0.05, 0) is 50.4 Å². The lowest BCUT2D eigenvalue weighted by Crippen LogP contribution is -2.35. The zero-order chi connectivity index (χ0) is 12.3. The zero-order valence-corrected chi connectivity index (χ0v) is 10.8. The molecule has 17 heavy (non-hydrogen) atoms. The normalized spacial score (nSPS) is 20.2. The molecule has 1 saturated heterocycles. The largest absolute Gasteiger partial charge is 0.314 e. The van der Waals surface area contributed by atoms with Crippen molar-refractivity contribution in [2.75, 3.05) is 6.54 Å². The molecule has 0 aromatic heterocycles. The van der Waals surface area contributed by atoms with Gasteiger partial charge in [-0.2, -0.15) is 0 Å². The van der Waals surface area contributed by atoms with Crippen molar-refractivity contribution >= 4 is 5.78 Å². The maximum absolute atomic E-state index is 12.1. The van der Waals surface area contributed by atoms with Gasteiger partial charge >= 0.3 is 0 Å². The average Bonchev–Trinajstić information content (AvgIpc) is 2.34. The molecule has 1 aliphatic rings. The van der Waals surface area contributed by atoms with Gasteiger partial charge in [0.05, 0.1) is 0 Å². The second kappa shape index (κ2) is 5.46. The van der Waals surface area contributed by atoms with Gasteiger partial charge in [0.15, 0.2) is 5.78 Å². The van der Waals surface area contributed by atoms with Crippen molar-refractivity contribution < 1.29 is 4.79 Å². The molecule has 0 amide bonds. The highest BCUT2D eigenvalue weighted by atomic mass is 16.1. The quantitative estimate of drug-likeness (QED) is 0.810. The fourth-order valence-corrected chi connectivity index (χ4v) is 2.35. The molecule has 1 fully saturated rings. The van der Waals surface area contributed by atoms with Crippen LogP contribution in [0.15, 0.2) is 18.2 Å². The zero-order valence-electron chi connectivity index (χ0n) is 10.8. The second-order valence-electron chi connectivity index (χ2n) is 5.07. The average molecular weight is 231 g/mol. The van der Waals surface area contributed by atoms with Gasteiger partial charge in [0.25, 0.3) is 0 Å². The molecule has 1 aromatic carbocycles. The van der Waals surface area contributed by atoms with Gasteiger partial charge in [0.2, 0.25) is 0 Å². The predicted octanol–water partition coefficient (Wildman–Crippen LogP) is 3.02. The summed E-state index contributed by atoms with van der Waals surface area (Å²) < 4.78 is 0. The number of benzene rings is 1. The van der Waals surface area contributed by atoms with E-state index < -0.39 is 0 Å². The lowest BCUT2D eigenvalue weighted by atomic mass is 9.95. The summed E-state index contributed by atoms with van der Waals surface area (Å²) in [6, 6.07) is 6.39. The SMILES string of the molecule is Cc1ccc(C(=O)CC2CCCCN2)cc1C. The Labute approximate surface area is 103 Å². The maximum atomic E-state index is 12.1. The Kier molecular flexibility index (Phi) is 3.95. The summed E-state index contributed by atoms with van der Waals surface area (Å²) in [4.78, 5) is 12.1. The smallest absolute Gasteiger partial charge is 0.164 e. The Hall–Kier alpha value is -1.15. The van der Waals surface area contributed by atoms with E-state index in [1.165, 1.54) is 24.0 Å². The van der Waals surface area contributed by atoms with E-state index >= 15 is 0 Å². The van der Waals surface area contributed by atoms with Gasteiger partial charge in [-0.15, -0.1) is 0 Å². The van der Waals surface area contributed by atoms with Crippen LogP contribution in [0.25, 0.3) is 0 Å². The molecule has 0 aliphatic carbocycles. The highest BCUT2D eigenvalue weighted by Crippen LogP contribution is 2.16. The fraction of sp³-hybridized carbons (Fsp3) is 0.533. The van der Waals surface area contributed by atoms with Crippen LogP contribution in [0.5, 0.6) is 0 Å². The summed E-state index contributed by atoms with van der Waals surface area (Å²) in [6.07, 6.45) is 4.27. The number of nitrogens with one attached hydrogen (secondary N) is 1. The number of Topliss-reactive ketones (excluding diaryl/α,β-unsaturated/α-hetero) is 1. The Morgan fingerprint density at radius 3 is 2.76 bits per heavy atom. The molecule has 1 unspecified atom stereocenters. The van der Waals surface area contributed by atoms with Crippen molar-refractivity contribution in [1.29, 1.82) is 0 Å². The molecule has 1 aromatic rings. The Bertz CT molecular complexity index is 405. The van der Waals surface area contributed by atoms with E-state index in [1.54, 1.807) is 0 Å². The van der Waals surface area contributed by atoms with Gasteiger partial charge in [0.1, 0.15) is 0 Å². The maximum Gasteiger partial charge on any atom is 0.164 e. The molecule has 2 nitrogen and oxygen atoms in total. The first kappa shape index (κ1) is 12.3. The van der Waals surface area contributed by atoms with E-state index in [2.05, 4.69) is 19.2 Å². The number of rotatable bonds is 3. The van der Waals surface area contributed by atoms with Gasteiger partial charge in [-0.3, -0.25) is 4.79 Å². The highest BCUT2D eigenvalue weighted by Gasteiger charge is 2.17. The van der Waals surface area contributed by atoms with Crippen LogP contribution in [0, 0.1) is 13.8 Å². The first-order chi connectivity index (χ1) is 8.16. The van der Waals surface area contributed by atoms with Crippen molar-refractivity contribution in [3.05, 3.63) is 34.9 Å². The molecule has 2 heteroatoms. The molecule has 1 aliphatic heterocycles. The third-order valence-corrected chi connectivity index (χ3v) is 3.67. The Morgan fingerprint density at radius 1 is 1.29 bits per heavy atom. The molecule has 1 N–H and O–H groups in total. The number of ketones is 1. The minimum absolute atomic E-state index is 0.271. The van der Waals surface area contributed by atoms with Gasteiger partial charge < -0.3 is 5.32 Å². The summed E-state index contributed by atoms with van der Waals surface area (Å²) in [5.41, 5.74) is 3.31. The van der Waals surface area contributed by atoms with Crippen molar-refractivity contribution in [3.8, 4) is 0 Å². The number of hydrogen-bond donors (Lipinski definition) is 1. The lowest BCUT2D eigenvalue weighted by molar-refractivity contribution is 0.0963. The van der Waals surface area contributed by atoms with Crippen LogP contribution in [0.4, 0.5) is 0 Å². The van der Waals surface area contributed by atoms with E-state index in [0.717, 1.165) is 18.5 Å². The third-order valence-electron chi connectivity index (χ3n) is 3.67. The van der Waals surface area contributed by atoms with Crippen LogP contribution >= 0.6 is 0 Å². The van der Waals surface area contributed by atoms with Gasteiger partial charge in [0, 0.05) is 18.0 Å². The second-order valence-corrected chi connectivity index (χ2v) is 5.07. The molecular formula is C15H21NO. The molecule has 0 radical (unpaired) electrons. The van der Waals surface area contributed by atoms with Crippen molar-refractivity contribution in [1.82, 2.24) is 5.32 Å². The van der Waals surface area contributed by atoms with Crippen LogP contribution in [0.3, 0.4) is 0 Å². The van der Waals surface area contributed by atoms with Crippen molar-refractivity contribution in [2.24, 2.45) is 0 Å². The minimum atomic E-state index is 0.271. The van der Waals surface area contributed by atoms with Crippen molar-refractivity contribution in [3.63, 3.8) is 0 Å². The van der Waals surface area contributed by atoms with E-state index in [9.17, 15) is 4.79 Å². The summed E-state index contributed by atoms with van der Waals surface area (Å²) in [5.74, 6) is 0.271. The van der Waals surface area contributed by atoms with Crippen LogP contribution in [-0.4, -0.2) is 18.4 Å². The summed E-state index contributed by atoms with van der Waals surface area (Å²) >= 11 is 0. The van der Waals surface area contributed by atoms with Crippen LogP contribution in [0.2, 0.25) is 0 Å². The molecule has 0 spiro atoms.